The van der Waals surface area contributed by atoms with Crippen LogP contribution in [0.4, 0.5) is 34.9 Å². The Bertz CT molecular complexity index is 1370. The first kappa shape index (κ1) is 28.6. The number of carbonyl (C=O) groups is 1. The third kappa shape index (κ3) is 5.92. The number of aryl methyl sites for hydroxylation is 1. The molecule has 0 radical (unpaired) electrons. The Morgan fingerprint density at radius 3 is 2.50 bits per heavy atom. The number of aromatic nitrogens is 2. The van der Waals surface area contributed by atoms with E-state index < -0.39 is 23.7 Å². The van der Waals surface area contributed by atoms with Crippen molar-refractivity contribution in [2.45, 2.75) is 45.1 Å². The molecular formula is C25H26Cl3F4N5O. The van der Waals surface area contributed by atoms with Gasteiger partial charge in [-0.15, -0.1) is 0 Å². The van der Waals surface area contributed by atoms with Crippen LogP contribution >= 0.6 is 34.8 Å². The molecule has 1 amide bonds. The maximum absolute atomic E-state index is 13.9. The molecule has 13 heteroatoms. The van der Waals surface area contributed by atoms with E-state index in [2.05, 4.69) is 15.6 Å². The Labute approximate surface area is 232 Å². The number of nitrogens with one attached hydrogen (secondary N) is 2. The number of amides is 1. The van der Waals surface area contributed by atoms with Gasteiger partial charge in [-0.05, 0) is 50.5 Å². The predicted molar refractivity (Wildman–Crippen MR) is 143 cm³/mol. The fourth-order valence-electron chi connectivity index (χ4n) is 4.36. The summed E-state index contributed by atoms with van der Waals surface area (Å²) < 4.78 is 55.6. The minimum Gasteiger partial charge on any atom is -0.370 e. The van der Waals surface area contributed by atoms with Crippen molar-refractivity contribution in [1.82, 2.24) is 14.9 Å². The summed E-state index contributed by atoms with van der Waals surface area (Å²) in [5.74, 6) is -1.84. The van der Waals surface area contributed by atoms with E-state index in [0.717, 1.165) is 13.8 Å². The lowest BCUT2D eigenvalue weighted by atomic mass is 9.97. The molecule has 1 saturated heterocycles. The molecule has 2 heterocycles. The number of carbonyl (C=O) groups excluding carboxylic acids is 1. The zero-order chi connectivity index (χ0) is 28.0. The standard InChI is InChI=1S/C25H26Cl3F4N5O/c1-24(2,29)22(38)33-11-13-6-7-15(26)21(20(13)28)35-23-34-17-9-16(27)18(10-19(17)36(23)3)37-8-4-5-14(12-37)25(30,31)32/h6-7,9-10,14H,4-5,8,11-12H2,1-3H3,(H,33,38)(H,34,35). The first-order valence-corrected chi connectivity index (χ1v) is 13.0. The van der Waals surface area contributed by atoms with Crippen molar-refractivity contribution >= 4 is 69.1 Å². The molecule has 4 rings (SSSR count). The molecule has 1 aliphatic heterocycles. The van der Waals surface area contributed by atoms with Crippen molar-refractivity contribution in [1.29, 1.82) is 0 Å². The van der Waals surface area contributed by atoms with E-state index in [0.29, 0.717) is 51.9 Å². The number of anilines is 3. The van der Waals surface area contributed by atoms with Gasteiger partial charge < -0.3 is 20.1 Å². The number of fused-ring (bicyclic) bond motifs is 1. The average Bonchev–Trinajstić information content (AvgIpc) is 3.13. The second-order valence-electron chi connectivity index (χ2n) is 9.79. The molecule has 38 heavy (non-hydrogen) atoms. The maximum Gasteiger partial charge on any atom is 0.393 e. The molecule has 1 aromatic heterocycles. The summed E-state index contributed by atoms with van der Waals surface area (Å²) in [4.78, 5) is 18.1. The molecule has 0 spiro atoms. The van der Waals surface area contributed by atoms with Gasteiger partial charge in [0.05, 0.1) is 43.4 Å². The van der Waals surface area contributed by atoms with Crippen LogP contribution in [0.25, 0.3) is 11.0 Å². The highest BCUT2D eigenvalue weighted by Crippen LogP contribution is 2.40. The number of halogens is 7. The third-order valence-electron chi connectivity index (χ3n) is 6.56. The fourth-order valence-corrected chi connectivity index (χ4v) is 5.17. The summed E-state index contributed by atoms with van der Waals surface area (Å²) in [5, 5.41) is 6.40. The molecule has 1 atom stereocenters. The number of benzene rings is 2. The van der Waals surface area contributed by atoms with Crippen LogP contribution in [0.15, 0.2) is 24.3 Å². The van der Waals surface area contributed by atoms with Crippen molar-refractivity contribution in [3.05, 3.63) is 44.9 Å². The molecule has 0 aliphatic carbocycles. The molecule has 6 nitrogen and oxygen atoms in total. The minimum absolute atomic E-state index is 0.0207. The SMILES string of the molecule is Cn1c(Nc2c(Cl)ccc(CNC(=O)C(C)(C)F)c2Cl)nc2cc(Cl)c(N3CCCC(C(F)(F)F)C3)cc21. The van der Waals surface area contributed by atoms with Crippen LogP contribution < -0.4 is 15.5 Å². The van der Waals surface area contributed by atoms with Crippen molar-refractivity contribution in [2.75, 3.05) is 23.3 Å². The van der Waals surface area contributed by atoms with Crippen molar-refractivity contribution in [2.24, 2.45) is 13.0 Å². The van der Waals surface area contributed by atoms with Gasteiger partial charge in [-0.1, -0.05) is 40.9 Å². The number of imidazole rings is 1. The lowest BCUT2D eigenvalue weighted by Crippen LogP contribution is -2.41. The van der Waals surface area contributed by atoms with Crippen LogP contribution in [-0.2, 0) is 18.4 Å². The minimum atomic E-state index is -4.27. The summed E-state index contributed by atoms with van der Waals surface area (Å²) in [7, 11) is 1.74. The van der Waals surface area contributed by atoms with Crippen LogP contribution in [-0.4, -0.2) is 40.4 Å². The molecule has 2 aromatic carbocycles. The normalized spacial score (nSPS) is 16.7. The van der Waals surface area contributed by atoms with E-state index in [1.54, 1.807) is 40.8 Å². The van der Waals surface area contributed by atoms with Crippen LogP contribution in [0.3, 0.4) is 0 Å². The zero-order valence-corrected chi connectivity index (χ0v) is 23.1. The lowest BCUT2D eigenvalue weighted by molar-refractivity contribution is -0.176. The van der Waals surface area contributed by atoms with E-state index in [4.69, 9.17) is 34.8 Å². The van der Waals surface area contributed by atoms with Gasteiger partial charge in [0.15, 0.2) is 5.67 Å². The van der Waals surface area contributed by atoms with E-state index in [9.17, 15) is 22.4 Å². The number of hydrogen-bond donors (Lipinski definition) is 2. The number of hydrogen-bond acceptors (Lipinski definition) is 4. The van der Waals surface area contributed by atoms with Gasteiger partial charge in [0.1, 0.15) is 0 Å². The molecule has 1 fully saturated rings. The molecule has 0 bridgehead atoms. The summed E-state index contributed by atoms with van der Waals surface area (Å²) in [6.45, 7) is 2.60. The lowest BCUT2D eigenvalue weighted by Gasteiger charge is -2.35. The summed E-state index contributed by atoms with van der Waals surface area (Å²) in [6.07, 6.45) is -3.76. The quantitative estimate of drug-likeness (QED) is 0.292. The Kier molecular flexibility index (Phi) is 7.99. The number of alkyl halides is 4. The maximum atomic E-state index is 13.9. The number of piperidine rings is 1. The zero-order valence-electron chi connectivity index (χ0n) is 20.8. The molecule has 1 aliphatic rings. The highest BCUT2D eigenvalue weighted by atomic mass is 35.5. The molecule has 3 aromatic rings. The summed E-state index contributed by atoms with van der Waals surface area (Å²) in [5.41, 5.74) is 0.454. The Hall–Kier alpha value is -2.43. The Morgan fingerprint density at radius 1 is 1.13 bits per heavy atom. The second kappa shape index (κ2) is 10.6. The van der Waals surface area contributed by atoms with Gasteiger partial charge in [0, 0.05) is 26.7 Å². The van der Waals surface area contributed by atoms with Gasteiger partial charge in [-0.25, -0.2) is 9.37 Å². The van der Waals surface area contributed by atoms with Gasteiger partial charge in [0.25, 0.3) is 5.91 Å². The smallest absolute Gasteiger partial charge is 0.370 e. The molecule has 0 saturated carbocycles. The van der Waals surface area contributed by atoms with Gasteiger partial charge >= 0.3 is 6.18 Å². The predicted octanol–water partition coefficient (Wildman–Crippen LogP) is 7.42. The van der Waals surface area contributed by atoms with Crippen molar-refractivity contribution in [3.8, 4) is 0 Å². The second-order valence-corrected chi connectivity index (χ2v) is 11.0. The van der Waals surface area contributed by atoms with E-state index in [-0.39, 0.29) is 29.6 Å². The first-order chi connectivity index (χ1) is 17.7. The van der Waals surface area contributed by atoms with Gasteiger partial charge in [-0.2, -0.15) is 13.2 Å². The third-order valence-corrected chi connectivity index (χ3v) is 7.61. The van der Waals surface area contributed by atoms with Crippen molar-refractivity contribution in [3.63, 3.8) is 0 Å². The average molecular weight is 595 g/mol. The molecular weight excluding hydrogens is 569 g/mol. The topological polar surface area (TPSA) is 62.2 Å². The van der Waals surface area contributed by atoms with Crippen LogP contribution in [0.1, 0.15) is 32.3 Å². The van der Waals surface area contributed by atoms with Crippen molar-refractivity contribution < 1.29 is 22.4 Å². The molecule has 206 valence electrons. The van der Waals surface area contributed by atoms with Crippen LogP contribution in [0.2, 0.25) is 15.1 Å². The summed E-state index contributed by atoms with van der Waals surface area (Å²) in [6, 6.07) is 6.54. The van der Waals surface area contributed by atoms with E-state index in [1.807, 2.05) is 0 Å². The van der Waals surface area contributed by atoms with E-state index >= 15 is 0 Å². The molecule has 2 N–H and O–H groups in total. The largest absolute Gasteiger partial charge is 0.393 e. The van der Waals surface area contributed by atoms with Crippen LogP contribution in [0, 0.1) is 5.92 Å². The highest BCUT2D eigenvalue weighted by molar-refractivity contribution is 6.39. The Balaban J connectivity index is 1.62. The molecule has 1 unspecified atom stereocenters. The van der Waals surface area contributed by atoms with E-state index in [1.165, 1.54) is 0 Å². The monoisotopic (exact) mass is 593 g/mol. The summed E-state index contributed by atoms with van der Waals surface area (Å²) >= 11 is 19.4. The highest BCUT2D eigenvalue weighted by Gasteiger charge is 2.42. The number of rotatable bonds is 6. The fraction of sp³-hybridized carbons (Fsp3) is 0.440. The number of nitrogens with zero attached hydrogens (tertiary/aromatic N) is 3. The first-order valence-electron chi connectivity index (χ1n) is 11.9. The van der Waals surface area contributed by atoms with Crippen LogP contribution in [0.5, 0.6) is 0 Å². The van der Waals surface area contributed by atoms with Gasteiger partial charge in [-0.3, -0.25) is 4.79 Å². The van der Waals surface area contributed by atoms with Gasteiger partial charge in [0.2, 0.25) is 5.95 Å². The Morgan fingerprint density at radius 2 is 1.84 bits per heavy atom.